The molecule has 0 fully saturated rings. The molecule has 0 N–H and O–H groups in total. The number of benzene rings is 8. The average Bonchev–Trinajstić information content (AvgIpc) is 3.52. The Labute approximate surface area is 267 Å². The van der Waals surface area contributed by atoms with E-state index in [1.54, 1.807) is 0 Å². The van der Waals surface area contributed by atoms with Crippen molar-refractivity contribution in [3.05, 3.63) is 176 Å². The van der Waals surface area contributed by atoms with E-state index >= 15 is 0 Å². The molecule has 46 heavy (non-hydrogen) atoms. The van der Waals surface area contributed by atoms with Crippen LogP contribution < -0.4 is 4.90 Å². The lowest BCUT2D eigenvalue weighted by Gasteiger charge is -2.26. The Morgan fingerprint density at radius 3 is 1.65 bits per heavy atom. The molecule has 0 spiro atoms. The van der Waals surface area contributed by atoms with E-state index in [9.17, 15) is 0 Å². The predicted octanol–water partition coefficient (Wildman–Crippen LogP) is 12.7. The molecule has 0 saturated carbocycles. The second-order valence-electron chi connectivity index (χ2n) is 11.8. The van der Waals surface area contributed by atoms with Crippen LogP contribution in [0.5, 0.6) is 0 Å². The molecule has 0 amide bonds. The third kappa shape index (κ3) is 4.43. The van der Waals surface area contributed by atoms with Crippen LogP contribution in [0, 0.1) is 0 Å². The van der Waals surface area contributed by atoms with Gasteiger partial charge in [-0.3, -0.25) is 0 Å². The van der Waals surface area contributed by atoms with E-state index in [4.69, 9.17) is 4.42 Å². The highest BCUT2D eigenvalue weighted by atomic mass is 16.3. The lowest BCUT2D eigenvalue weighted by atomic mass is 9.97. The zero-order chi connectivity index (χ0) is 30.5. The van der Waals surface area contributed by atoms with Crippen LogP contribution in [0.2, 0.25) is 0 Å². The van der Waals surface area contributed by atoms with E-state index in [0.717, 1.165) is 39.0 Å². The molecule has 1 aromatic heterocycles. The van der Waals surface area contributed by atoms with Crippen molar-refractivity contribution < 1.29 is 4.42 Å². The Morgan fingerprint density at radius 2 is 0.891 bits per heavy atom. The average molecular weight is 588 g/mol. The highest BCUT2D eigenvalue weighted by molar-refractivity contribution is 6.11. The second kappa shape index (κ2) is 10.8. The maximum absolute atomic E-state index is 6.53. The smallest absolute Gasteiger partial charge is 0.159 e. The minimum Gasteiger partial charge on any atom is -0.454 e. The van der Waals surface area contributed by atoms with Crippen molar-refractivity contribution in [2.45, 2.75) is 0 Å². The van der Waals surface area contributed by atoms with E-state index in [-0.39, 0.29) is 0 Å². The predicted molar refractivity (Wildman–Crippen MR) is 194 cm³/mol. The van der Waals surface area contributed by atoms with Crippen LogP contribution >= 0.6 is 0 Å². The quantitative estimate of drug-likeness (QED) is 0.186. The number of anilines is 3. The van der Waals surface area contributed by atoms with Crippen molar-refractivity contribution in [1.82, 2.24) is 0 Å². The number of furan rings is 1. The normalized spacial score (nSPS) is 11.5. The van der Waals surface area contributed by atoms with Crippen LogP contribution in [0.4, 0.5) is 17.1 Å². The molecule has 8 aromatic carbocycles. The fourth-order valence-electron chi connectivity index (χ4n) is 6.75. The van der Waals surface area contributed by atoms with Crippen molar-refractivity contribution in [2.75, 3.05) is 4.90 Å². The van der Waals surface area contributed by atoms with E-state index in [1.165, 1.54) is 43.8 Å². The summed E-state index contributed by atoms with van der Waals surface area (Å²) in [4.78, 5) is 2.30. The molecule has 0 atom stereocenters. The van der Waals surface area contributed by atoms with Gasteiger partial charge in [0.25, 0.3) is 0 Å². The highest BCUT2D eigenvalue weighted by Gasteiger charge is 2.19. The molecule has 0 aliphatic heterocycles. The van der Waals surface area contributed by atoms with Gasteiger partial charge in [0.15, 0.2) is 5.58 Å². The van der Waals surface area contributed by atoms with Crippen molar-refractivity contribution in [1.29, 1.82) is 0 Å². The molecular weight excluding hydrogens is 558 g/mol. The van der Waals surface area contributed by atoms with Crippen molar-refractivity contribution in [2.24, 2.45) is 0 Å². The summed E-state index contributed by atoms with van der Waals surface area (Å²) in [7, 11) is 0. The van der Waals surface area contributed by atoms with E-state index < -0.39 is 0 Å². The minimum atomic E-state index is 0.876. The summed E-state index contributed by atoms with van der Waals surface area (Å²) in [5, 5.41) is 7.30. The largest absolute Gasteiger partial charge is 0.454 e. The Hall–Kier alpha value is -6.12. The van der Waals surface area contributed by atoms with Gasteiger partial charge in [-0.05, 0) is 86.3 Å². The first-order valence-electron chi connectivity index (χ1n) is 15.7. The van der Waals surface area contributed by atoms with Gasteiger partial charge in [0, 0.05) is 22.1 Å². The summed E-state index contributed by atoms with van der Waals surface area (Å²) in [6, 6.07) is 62.7. The van der Waals surface area contributed by atoms with Gasteiger partial charge in [0.2, 0.25) is 0 Å². The zero-order valence-corrected chi connectivity index (χ0v) is 25.1. The molecule has 0 bridgehead atoms. The Balaban J connectivity index is 1.17. The van der Waals surface area contributed by atoms with Gasteiger partial charge in [-0.1, -0.05) is 133 Å². The summed E-state index contributed by atoms with van der Waals surface area (Å²) in [5.74, 6) is 0. The number of rotatable bonds is 5. The molecule has 0 aliphatic carbocycles. The van der Waals surface area contributed by atoms with Gasteiger partial charge in [0.05, 0.1) is 5.69 Å². The Kier molecular flexibility index (Phi) is 6.17. The maximum Gasteiger partial charge on any atom is 0.159 e. The van der Waals surface area contributed by atoms with Gasteiger partial charge in [-0.2, -0.15) is 0 Å². The molecule has 9 rings (SSSR count). The van der Waals surface area contributed by atoms with E-state index in [0.29, 0.717) is 0 Å². The summed E-state index contributed by atoms with van der Waals surface area (Å²) in [6.07, 6.45) is 0. The summed E-state index contributed by atoms with van der Waals surface area (Å²) >= 11 is 0. The van der Waals surface area contributed by atoms with E-state index in [2.05, 4.69) is 169 Å². The lowest BCUT2D eigenvalue weighted by molar-refractivity contribution is 0.669. The molecule has 0 unspecified atom stereocenters. The van der Waals surface area contributed by atoms with Crippen LogP contribution in [0.15, 0.2) is 180 Å². The number of fused-ring (bicyclic) bond motifs is 6. The summed E-state index contributed by atoms with van der Waals surface area (Å²) in [6.45, 7) is 0. The van der Waals surface area contributed by atoms with Gasteiger partial charge < -0.3 is 9.32 Å². The van der Waals surface area contributed by atoms with E-state index in [1.807, 2.05) is 12.1 Å². The number of para-hydroxylation sites is 2. The van der Waals surface area contributed by atoms with Crippen LogP contribution in [-0.4, -0.2) is 0 Å². The highest BCUT2D eigenvalue weighted by Crippen LogP contribution is 2.43. The Morgan fingerprint density at radius 1 is 0.348 bits per heavy atom. The van der Waals surface area contributed by atoms with Crippen LogP contribution in [-0.2, 0) is 0 Å². The van der Waals surface area contributed by atoms with Gasteiger partial charge in [-0.15, -0.1) is 0 Å². The molecule has 0 saturated heterocycles. The van der Waals surface area contributed by atoms with Crippen LogP contribution in [0.25, 0.3) is 65.7 Å². The standard InChI is InChI=1S/C44H29NO/c1-2-9-30(10-3-1)31-21-25-36(26-22-31)45(42-15-8-14-40-39-13-6-7-16-43(39)46-44(40)42)37-27-23-32(24-28-37)35-20-19-34-18-17-33-11-4-5-12-38(33)41(34)29-35/h1-29H. The second-order valence-corrected chi connectivity index (χ2v) is 11.8. The third-order valence-electron chi connectivity index (χ3n) is 9.06. The van der Waals surface area contributed by atoms with Gasteiger partial charge >= 0.3 is 0 Å². The monoisotopic (exact) mass is 587 g/mol. The molecule has 1 heterocycles. The molecule has 2 nitrogen and oxygen atoms in total. The number of hydrogen-bond acceptors (Lipinski definition) is 2. The number of hydrogen-bond donors (Lipinski definition) is 0. The molecule has 2 heteroatoms. The number of nitrogens with zero attached hydrogens (tertiary/aromatic N) is 1. The van der Waals surface area contributed by atoms with Crippen molar-refractivity contribution in [3.63, 3.8) is 0 Å². The summed E-state index contributed by atoms with van der Waals surface area (Å²) < 4.78 is 6.53. The lowest BCUT2D eigenvalue weighted by Crippen LogP contribution is -2.10. The fraction of sp³-hybridized carbons (Fsp3) is 0. The SMILES string of the molecule is c1ccc(-c2ccc(N(c3ccc(-c4ccc5ccc6ccccc6c5c4)cc3)c3cccc4c3oc3ccccc34)cc2)cc1. The van der Waals surface area contributed by atoms with Gasteiger partial charge in [0.1, 0.15) is 5.58 Å². The summed E-state index contributed by atoms with van der Waals surface area (Å²) in [5.41, 5.74) is 9.68. The van der Waals surface area contributed by atoms with Crippen LogP contribution in [0.3, 0.4) is 0 Å². The molecule has 9 aromatic rings. The molecule has 0 radical (unpaired) electrons. The molecule has 216 valence electrons. The minimum absolute atomic E-state index is 0.876. The first kappa shape index (κ1) is 26.3. The van der Waals surface area contributed by atoms with Crippen LogP contribution in [0.1, 0.15) is 0 Å². The third-order valence-corrected chi connectivity index (χ3v) is 9.06. The Bertz CT molecular complexity index is 2510. The molecule has 0 aliphatic rings. The van der Waals surface area contributed by atoms with Gasteiger partial charge in [-0.25, -0.2) is 0 Å². The van der Waals surface area contributed by atoms with Crippen molar-refractivity contribution >= 4 is 60.5 Å². The topological polar surface area (TPSA) is 16.4 Å². The first-order chi connectivity index (χ1) is 22.8. The zero-order valence-electron chi connectivity index (χ0n) is 25.1. The maximum atomic E-state index is 6.53. The first-order valence-corrected chi connectivity index (χ1v) is 15.7. The molecular formula is C44H29NO. The van der Waals surface area contributed by atoms with Crippen molar-refractivity contribution in [3.8, 4) is 22.3 Å². The fourth-order valence-corrected chi connectivity index (χ4v) is 6.75.